The van der Waals surface area contributed by atoms with Crippen molar-refractivity contribution in [3.8, 4) is 0 Å². The average Bonchev–Trinajstić information content (AvgIpc) is 1.38. The third-order valence-electron chi connectivity index (χ3n) is 0.195. The van der Waals surface area contributed by atoms with Crippen molar-refractivity contribution in [2.75, 3.05) is 14.1 Å². The molecule has 1 nitrogen and oxygen atoms in total. The first kappa shape index (κ1) is 9.54. The summed E-state index contributed by atoms with van der Waals surface area (Å²) in [6.45, 7) is 0. The largest absolute Gasteiger partial charge is 1.00 e. The highest BCUT2D eigenvalue weighted by Crippen LogP contribution is 1.55. The molecule has 0 aliphatic rings. The average molecular weight is 128 g/mol. The van der Waals surface area contributed by atoms with Gasteiger partial charge < -0.3 is 12.4 Å². The van der Waals surface area contributed by atoms with Crippen molar-refractivity contribution in [3.05, 3.63) is 0 Å². The quantitative estimate of drug-likeness (QED) is 0.251. The normalized spacial score (nSPS) is 5.83. The van der Waals surface area contributed by atoms with Crippen LogP contribution in [-0.2, 0) is 0 Å². The van der Waals surface area contributed by atoms with E-state index in [1.165, 1.54) is 5.67 Å². The summed E-state index contributed by atoms with van der Waals surface area (Å²) in [6.07, 6.45) is 0. The number of halogens is 2. The Morgan fingerprint density at radius 2 is 1.67 bits per heavy atom. The second kappa shape index (κ2) is 5.25. The van der Waals surface area contributed by atoms with Crippen LogP contribution in [0.15, 0.2) is 0 Å². The molecule has 0 radical (unpaired) electrons. The minimum Gasteiger partial charge on any atom is -1.00 e. The zero-order valence-corrected chi connectivity index (χ0v) is 5.29. The third kappa shape index (κ3) is 8.87. The predicted octanol–water partition coefficient (Wildman–Crippen LogP) is -2.47. The maximum absolute atomic E-state index is 5.14. The zero-order chi connectivity index (χ0) is 4.28. The lowest BCUT2D eigenvalue weighted by Gasteiger charge is -1.70. The highest BCUT2D eigenvalue weighted by molar-refractivity contribution is 6.54. The van der Waals surface area contributed by atoms with E-state index in [0.29, 0.717) is 0 Å². The molecule has 0 heterocycles. The van der Waals surface area contributed by atoms with Crippen LogP contribution in [0, 0.1) is 0 Å². The summed E-state index contributed by atoms with van der Waals surface area (Å²) < 4.78 is 1.77. The molecule has 0 bridgehead atoms. The van der Waals surface area contributed by atoms with E-state index >= 15 is 0 Å². The molecule has 0 unspecified atom stereocenters. The summed E-state index contributed by atoms with van der Waals surface area (Å²) in [7, 11) is 3.74. The fourth-order valence-electron chi connectivity index (χ4n) is 0. The van der Waals surface area contributed by atoms with Gasteiger partial charge in [-0.2, -0.15) is 0 Å². The molecule has 0 saturated heterocycles. The van der Waals surface area contributed by atoms with E-state index in [9.17, 15) is 0 Å². The first-order valence-electron chi connectivity index (χ1n) is 1.37. The Hall–Kier alpha value is 0.250. The van der Waals surface area contributed by atoms with Crippen LogP contribution in [0.4, 0.5) is 0 Å². The van der Waals surface area contributed by atoms with E-state index in [2.05, 4.69) is 0 Å². The Bertz CT molecular complexity index is 46.8. The molecule has 0 fully saturated rings. The summed E-state index contributed by atoms with van der Waals surface area (Å²) in [5, 5.41) is 0. The van der Waals surface area contributed by atoms with Crippen molar-refractivity contribution in [2.45, 2.75) is 0 Å². The molecule has 0 aromatic carbocycles. The lowest BCUT2D eigenvalue weighted by Crippen LogP contribution is -3.00. The van der Waals surface area contributed by atoms with E-state index in [1.54, 1.807) is 4.58 Å². The lowest BCUT2D eigenvalue weighted by molar-refractivity contribution is -0.457. The topological polar surface area (TPSA) is 3.01 Å². The van der Waals surface area contributed by atoms with Gasteiger partial charge in [-0.25, -0.2) is 4.58 Å². The lowest BCUT2D eigenvalue weighted by atomic mass is 11.1. The van der Waals surface area contributed by atoms with Crippen molar-refractivity contribution in [1.82, 2.24) is 0 Å². The Balaban J connectivity index is 0. The van der Waals surface area contributed by atoms with E-state index in [1.807, 2.05) is 14.1 Å². The molecule has 0 aromatic rings. The van der Waals surface area contributed by atoms with Gasteiger partial charge in [0.2, 0.25) is 5.67 Å². The monoisotopic (exact) mass is 127 g/mol. The molecular formula is C3H7Cl2N. The summed E-state index contributed by atoms with van der Waals surface area (Å²) in [4.78, 5) is 0. The van der Waals surface area contributed by atoms with Gasteiger partial charge in [0.1, 0.15) is 14.1 Å². The summed E-state index contributed by atoms with van der Waals surface area (Å²) in [5.41, 5.74) is 1.47. The first-order valence-corrected chi connectivity index (χ1v) is 1.81. The van der Waals surface area contributed by atoms with Gasteiger partial charge in [0.15, 0.2) is 0 Å². The fourth-order valence-corrected chi connectivity index (χ4v) is 0. The van der Waals surface area contributed by atoms with Crippen LogP contribution < -0.4 is 12.4 Å². The number of hydrogen-bond acceptors (Lipinski definition) is 0. The van der Waals surface area contributed by atoms with Gasteiger partial charge in [0.25, 0.3) is 0 Å². The second-order valence-electron chi connectivity index (χ2n) is 1.06. The van der Waals surface area contributed by atoms with Crippen LogP contribution in [0.25, 0.3) is 0 Å². The summed E-state index contributed by atoms with van der Waals surface area (Å²) >= 11 is 5.14. The van der Waals surface area contributed by atoms with Crippen molar-refractivity contribution in [3.63, 3.8) is 0 Å². The van der Waals surface area contributed by atoms with Gasteiger partial charge in [-0.15, -0.1) is 0 Å². The molecule has 0 aliphatic heterocycles. The van der Waals surface area contributed by atoms with Gasteiger partial charge in [0.05, 0.1) is 0 Å². The number of rotatable bonds is 0. The highest BCUT2D eigenvalue weighted by atomic mass is 35.5. The molecule has 0 saturated carbocycles. The zero-order valence-electron chi connectivity index (χ0n) is 3.78. The number of hydrogen-bond donors (Lipinski definition) is 0. The van der Waals surface area contributed by atoms with Crippen LogP contribution in [-0.4, -0.2) is 24.3 Å². The van der Waals surface area contributed by atoms with Gasteiger partial charge in [0, 0.05) is 0 Å². The SMILES string of the molecule is C[N+](C)=CCl.[Cl-]. The maximum Gasteiger partial charge on any atom is 0.232 e. The molecule has 0 atom stereocenters. The molecule has 0 spiro atoms. The van der Waals surface area contributed by atoms with Crippen molar-refractivity contribution < 1.29 is 17.0 Å². The molecule has 6 heavy (non-hydrogen) atoms. The first-order chi connectivity index (χ1) is 2.27. The third-order valence-corrected chi connectivity index (χ3v) is 0.586. The fraction of sp³-hybridized carbons (Fsp3) is 0.667. The molecule has 3 heteroatoms. The maximum atomic E-state index is 5.14. The predicted molar refractivity (Wildman–Crippen MR) is 24.0 cm³/mol. The van der Waals surface area contributed by atoms with E-state index in [-0.39, 0.29) is 12.4 Å². The van der Waals surface area contributed by atoms with Gasteiger partial charge >= 0.3 is 0 Å². The molecule has 0 amide bonds. The Labute approximate surface area is 49.0 Å². The second-order valence-corrected chi connectivity index (χ2v) is 1.26. The van der Waals surface area contributed by atoms with Crippen molar-refractivity contribution in [2.24, 2.45) is 0 Å². The Morgan fingerprint density at radius 3 is 1.67 bits per heavy atom. The van der Waals surface area contributed by atoms with Crippen LogP contribution >= 0.6 is 11.6 Å². The molecule has 0 rings (SSSR count). The van der Waals surface area contributed by atoms with Crippen LogP contribution in [0.2, 0.25) is 0 Å². The Kier molecular flexibility index (Phi) is 8.35. The van der Waals surface area contributed by atoms with E-state index in [0.717, 1.165) is 0 Å². The van der Waals surface area contributed by atoms with Crippen molar-refractivity contribution in [1.29, 1.82) is 0 Å². The van der Waals surface area contributed by atoms with E-state index < -0.39 is 0 Å². The van der Waals surface area contributed by atoms with Crippen LogP contribution in [0.5, 0.6) is 0 Å². The molecular weight excluding hydrogens is 121 g/mol. The minimum atomic E-state index is 0. The van der Waals surface area contributed by atoms with Gasteiger partial charge in [-0.3, -0.25) is 0 Å². The summed E-state index contributed by atoms with van der Waals surface area (Å²) in [6, 6.07) is 0. The van der Waals surface area contributed by atoms with Crippen LogP contribution in [0.1, 0.15) is 0 Å². The molecule has 38 valence electrons. The van der Waals surface area contributed by atoms with Gasteiger partial charge in [-0.05, 0) is 11.6 Å². The van der Waals surface area contributed by atoms with Crippen molar-refractivity contribution >= 4 is 17.3 Å². The molecule has 0 aliphatic carbocycles. The molecule has 0 aromatic heterocycles. The Morgan fingerprint density at radius 1 is 1.50 bits per heavy atom. The van der Waals surface area contributed by atoms with Crippen LogP contribution in [0.3, 0.4) is 0 Å². The summed E-state index contributed by atoms with van der Waals surface area (Å²) in [5.74, 6) is 0. The smallest absolute Gasteiger partial charge is 0.232 e. The van der Waals surface area contributed by atoms with E-state index in [4.69, 9.17) is 11.6 Å². The standard InChI is InChI=1S/C3H7ClN.ClH/c1-5(2)3-4;/h3H,1-2H3;1H/q+1;/p-1. The van der Waals surface area contributed by atoms with Gasteiger partial charge in [-0.1, -0.05) is 0 Å². The minimum absolute atomic E-state index is 0. The highest BCUT2D eigenvalue weighted by Gasteiger charge is 1.67. The number of nitrogens with zero attached hydrogens (tertiary/aromatic N) is 1. The molecule has 0 N–H and O–H groups in total.